The van der Waals surface area contributed by atoms with E-state index in [0.29, 0.717) is 16.3 Å². The van der Waals surface area contributed by atoms with Crippen LogP contribution in [0.25, 0.3) is 0 Å². The summed E-state index contributed by atoms with van der Waals surface area (Å²) < 4.78 is 33.5. The lowest BCUT2D eigenvalue weighted by Crippen LogP contribution is -2.20. The van der Waals surface area contributed by atoms with Gasteiger partial charge in [-0.1, -0.05) is 0 Å². The number of thiophene rings is 1. The summed E-state index contributed by atoms with van der Waals surface area (Å²) in [4.78, 5) is 13.3. The quantitative estimate of drug-likeness (QED) is 0.574. The first kappa shape index (κ1) is 18.5. The zero-order valence-corrected chi connectivity index (χ0v) is 15.4. The summed E-state index contributed by atoms with van der Waals surface area (Å²) in [7, 11) is 1.35. The first-order chi connectivity index (χ1) is 12.5. The molecule has 0 saturated heterocycles. The average Bonchev–Trinajstić information content (AvgIpc) is 3.16. The summed E-state index contributed by atoms with van der Waals surface area (Å²) in [6.07, 6.45) is 2.82. The van der Waals surface area contributed by atoms with Crippen LogP contribution in [-0.2, 0) is 17.6 Å². The minimum absolute atomic E-state index is 0.0621. The van der Waals surface area contributed by atoms with Crippen molar-refractivity contribution in [2.75, 3.05) is 17.7 Å². The molecule has 0 spiro atoms. The number of hydrogen-bond donors (Lipinski definition) is 2. The Morgan fingerprint density at radius 3 is 2.62 bits per heavy atom. The molecule has 3 rings (SSSR count). The van der Waals surface area contributed by atoms with Crippen molar-refractivity contribution in [2.45, 2.75) is 25.9 Å². The van der Waals surface area contributed by atoms with Crippen molar-refractivity contribution >= 4 is 45.3 Å². The number of carbonyl (C=O) groups excluding carboxylic acids is 1. The highest BCUT2D eigenvalue weighted by molar-refractivity contribution is 7.80. The van der Waals surface area contributed by atoms with E-state index in [1.54, 1.807) is 12.1 Å². The lowest BCUT2D eigenvalue weighted by atomic mass is 10.1. The predicted molar refractivity (Wildman–Crippen MR) is 101 cm³/mol. The van der Waals surface area contributed by atoms with Gasteiger partial charge in [0.15, 0.2) is 5.11 Å². The summed E-state index contributed by atoms with van der Waals surface area (Å²) in [5.74, 6) is -0.324. The van der Waals surface area contributed by atoms with Gasteiger partial charge in [0.1, 0.15) is 10.8 Å². The molecule has 138 valence electrons. The Morgan fingerprint density at radius 2 is 1.96 bits per heavy atom. The van der Waals surface area contributed by atoms with E-state index < -0.39 is 6.61 Å². The van der Waals surface area contributed by atoms with Crippen LogP contribution in [0, 0.1) is 0 Å². The molecule has 0 fully saturated rings. The fourth-order valence-corrected chi connectivity index (χ4v) is 4.36. The van der Waals surface area contributed by atoms with Crippen LogP contribution in [0.5, 0.6) is 5.75 Å². The van der Waals surface area contributed by atoms with Crippen LogP contribution in [0.1, 0.15) is 27.2 Å². The standard InChI is InChI=1S/C17H16F2N2O3S2/c1-23-15(22)13-11-3-2-4-12(11)26-14(13)21-17(25)20-9-5-7-10(8-6-9)24-16(18)19/h5-8,16H,2-4H2,1H3,(H2,20,21,25). The Labute approximate surface area is 158 Å². The Hall–Kier alpha value is -2.26. The number of esters is 1. The third-order valence-electron chi connectivity index (χ3n) is 3.88. The zero-order valence-electron chi connectivity index (χ0n) is 13.8. The van der Waals surface area contributed by atoms with Crippen molar-refractivity contribution in [1.82, 2.24) is 0 Å². The number of ether oxygens (including phenoxy) is 2. The summed E-state index contributed by atoms with van der Waals surface area (Å²) in [5, 5.41) is 6.93. The second kappa shape index (κ2) is 7.96. The molecule has 0 aliphatic heterocycles. The van der Waals surface area contributed by atoms with Crippen LogP contribution in [0.3, 0.4) is 0 Å². The fraction of sp³-hybridized carbons (Fsp3) is 0.294. The van der Waals surface area contributed by atoms with Gasteiger partial charge in [0.05, 0.1) is 12.7 Å². The third kappa shape index (κ3) is 4.10. The van der Waals surface area contributed by atoms with Gasteiger partial charge in [-0.3, -0.25) is 0 Å². The maximum Gasteiger partial charge on any atom is 0.387 e. The monoisotopic (exact) mass is 398 g/mol. The molecule has 26 heavy (non-hydrogen) atoms. The van der Waals surface area contributed by atoms with Gasteiger partial charge >= 0.3 is 12.6 Å². The van der Waals surface area contributed by atoms with Gasteiger partial charge in [-0.15, -0.1) is 11.3 Å². The van der Waals surface area contributed by atoms with Gasteiger partial charge in [0.2, 0.25) is 0 Å². The average molecular weight is 398 g/mol. The zero-order chi connectivity index (χ0) is 18.7. The maximum absolute atomic E-state index is 12.2. The van der Waals surface area contributed by atoms with Crippen LogP contribution < -0.4 is 15.4 Å². The molecule has 1 aliphatic carbocycles. The van der Waals surface area contributed by atoms with Crippen LogP contribution in [0.4, 0.5) is 19.5 Å². The van der Waals surface area contributed by atoms with Gasteiger partial charge in [0, 0.05) is 10.6 Å². The van der Waals surface area contributed by atoms with E-state index in [1.807, 2.05) is 0 Å². The molecule has 0 bridgehead atoms. The number of benzene rings is 1. The van der Waals surface area contributed by atoms with Gasteiger partial charge < -0.3 is 20.1 Å². The van der Waals surface area contributed by atoms with Crippen molar-refractivity contribution < 1.29 is 23.0 Å². The van der Waals surface area contributed by atoms with Crippen molar-refractivity contribution in [3.8, 4) is 5.75 Å². The molecule has 2 N–H and O–H groups in total. The molecular formula is C17H16F2N2O3S2. The molecule has 9 heteroatoms. The summed E-state index contributed by atoms with van der Waals surface area (Å²) in [6, 6.07) is 5.97. The Balaban J connectivity index is 1.70. The molecule has 0 atom stereocenters. The Bertz CT molecular complexity index is 822. The van der Waals surface area contributed by atoms with E-state index >= 15 is 0 Å². The fourth-order valence-electron chi connectivity index (χ4n) is 2.80. The van der Waals surface area contributed by atoms with Crippen LogP contribution in [0.15, 0.2) is 24.3 Å². The number of anilines is 2. The SMILES string of the molecule is COC(=O)c1c(NC(=S)Nc2ccc(OC(F)F)cc2)sc2c1CCC2. The lowest BCUT2D eigenvalue weighted by Gasteiger charge is -2.12. The Morgan fingerprint density at radius 1 is 1.23 bits per heavy atom. The number of halogens is 2. The number of hydrogen-bond acceptors (Lipinski definition) is 5. The number of aryl methyl sites for hydroxylation is 1. The molecular weight excluding hydrogens is 382 g/mol. The van der Waals surface area contributed by atoms with Crippen molar-refractivity contribution in [3.05, 3.63) is 40.3 Å². The molecule has 1 aromatic heterocycles. The number of alkyl halides is 2. The first-order valence-electron chi connectivity index (χ1n) is 7.83. The topological polar surface area (TPSA) is 59.6 Å². The maximum atomic E-state index is 12.2. The van der Waals surface area contributed by atoms with Crippen LogP contribution >= 0.6 is 23.6 Å². The van der Waals surface area contributed by atoms with Gasteiger partial charge in [-0.2, -0.15) is 8.78 Å². The molecule has 1 aromatic carbocycles. The second-order valence-electron chi connectivity index (χ2n) is 5.54. The number of nitrogens with one attached hydrogen (secondary N) is 2. The Kier molecular flexibility index (Phi) is 5.67. The second-order valence-corrected chi connectivity index (χ2v) is 7.05. The first-order valence-corrected chi connectivity index (χ1v) is 9.06. The normalized spacial score (nSPS) is 12.6. The molecule has 0 amide bonds. The summed E-state index contributed by atoms with van der Waals surface area (Å²) in [5.41, 5.74) is 2.17. The number of fused-ring (bicyclic) bond motifs is 1. The number of methoxy groups -OCH3 is 1. The van der Waals surface area contributed by atoms with Crippen LogP contribution in [-0.4, -0.2) is 24.8 Å². The summed E-state index contributed by atoms with van der Waals surface area (Å²) in [6.45, 7) is -2.87. The molecule has 1 aliphatic rings. The number of rotatable bonds is 5. The lowest BCUT2D eigenvalue weighted by molar-refractivity contribution is -0.0498. The number of carbonyl (C=O) groups is 1. The van der Waals surface area contributed by atoms with Crippen molar-refractivity contribution in [2.24, 2.45) is 0 Å². The minimum atomic E-state index is -2.87. The molecule has 2 aromatic rings. The van der Waals surface area contributed by atoms with E-state index in [0.717, 1.165) is 24.8 Å². The summed E-state index contributed by atoms with van der Waals surface area (Å²) >= 11 is 6.79. The third-order valence-corrected chi connectivity index (χ3v) is 5.29. The van der Waals surface area contributed by atoms with Gasteiger partial charge in [-0.05, 0) is 61.3 Å². The van der Waals surface area contributed by atoms with E-state index in [2.05, 4.69) is 15.4 Å². The van der Waals surface area contributed by atoms with Gasteiger partial charge in [0.25, 0.3) is 0 Å². The molecule has 5 nitrogen and oxygen atoms in total. The molecule has 0 radical (unpaired) electrons. The molecule has 0 unspecified atom stereocenters. The van der Waals surface area contributed by atoms with E-state index in [-0.39, 0.29) is 16.8 Å². The highest BCUT2D eigenvalue weighted by atomic mass is 32.1. The molecule has 1 heterocycles. The highest BCUT2D eigenvalue weighted by Crippen LogP contribution is 2.39. The van der Waals surface area contributed by atoms with Crippen molar-refractivity contribution in [3.63, 3.8) is 0 Å². The highest BCUT2D eigenvalue weighted by Gasteiger charge is 2.27. The molecule has 0 saturated carbocycles. The number of thiocarbonyl (C=S) groups is 1. The van der Waals surface area contributed by atoms with E-state index in [1.165, 1.54) is 35.5 Å². The minimum Gasteiger partial charge on any atom is -0.465 e. The smallest absolute Gasteiger partial charge is 0.387 e. The van der Waals surface area contributed by atoms with E-state index in [4.69, 9.17) is 17.0 Å². The predicted octanol–water partition coefficient (Wildman–Crippen LogP) is 4.43. The van der Waals surface area contributed by atoms with Crippen LogP contribution in [0.2, 0.25) is 0 Å². The van der Waals surface area contributed by atoms with Gasteiger partial charge in [-0.25, -0.2) is 4.79 Å². The van der Waals surface area contributed by atoms with E-state index in [9.17, 15) is 13.6 Å². The van der Waals surface area contributed by atoms with Crippen molar-refractivity contribution in [1.29, 1.82) is 0 Å². The largest absolute Gasteiger partial charge is 0.465 e.